The Labute approximate surface area is 110 Å². The van der Waals surface area contributed by atoms with Crippen molar-refractivity contribution in [2.24, 2.45) is 5.73 Å². The van der Waals surface area contributed by atoms with Crippen LogP contribution in [0.4, 0.5) is 4.39 Å². The van der Waals surface area contributed by atoms with Gasteiger partial charge in [0.2, 0.25) is 0 Å². The largest absolute Gasteiger partial charge is 0.496 e. The van der Waals surface area contributed by atoms with Gasteiger partial charge in [0.05, 0.1) is 7.11 Å². The van der Waals surface area contributed by atoms with E-state index < -0.39 is 0 Å². The number of methoxy groups -OCH3 is 1. The summed E-state index contributed by atoms with van der Waals surface area (Å²) in [6.45, 7) is 0.417. The van der Waals surface area contributed by atoms with Gasteiger partial charge in [-0.2, -0.15) is 0 Å². The average Bonchev–Trinajstić information content (AvgIpc) is 2.38. The molecule has 0 aliphatic carbocycles. The molecule has 0 aliphatic heterocycles. The fourth-order valence-electron chi connectivity index (χ4n) is 1.79. The van der Waals surface area contributed by atoms with E-state index in [0.29, 0.717) is 22.9 Å². The Morgan fingerprint density at radius 1 is 1.17 bits per heavy atom. The predicted molar refractivity (Wildman–Crippen MR) is 71.3 cm³/mol. The SMILES string of the molecule is COc1ccc(F)cc1-c1ccc(CN)cc1Cl. The number of ether oxygens (including phenoxy) is 1. The van der Waals surface area contributed by atoms with Crippen LogP contribution in [0.15, 0.2) is 36.4 Å². The third kappa shape index (κ3) is 2.47. The highest BCUT2D eigenvalue weighted by atomic mass is 35.5. The maximum Gasteiger partial charge on any atom is 0.126 e. The first kappa shape index (κ1) is 12.9. The first-order valence-corrected chi connectivity index (χ1v) is 5.86. The van der Waals surface area contributed by atoms with Crippen molar-refractivity contribution < 1.29 is 9.13 Å². The number of hydrogen-bond donors (Lipinski definition) is 1. The van der Waals surface area contributed by atoms with E-state index >= 15 is 0 Å². The quantitative estimate of drug-likeness (QED) is 0.920. The Hall–Kier alpha value is -1.58. The first-order chi connectivity index (χ1) is 8.65. The van der Waals surface area contributed by atoms with Gasteiger partial charge in [-0.25, -0.2) is 4.39 Å². The highest BCUT2D eigenvalue weighted by Gasteiger charge is 2.11. The van der Waals surface area contributed by atoms with E-state index in [9.17, 15) is 4.39 Å². The second kappa shape index (κ2) is 5.38. The van der Waals surface area contributed by atoms with Crippen LogP contribution in [0.1, 0.15) is 5.56 Å². The van der Waals surface area contributed by atoms with Crippen LogP contribution in [0, 0.1) is 5.82 Å². The highest BCUT2D eigenvalue weighted by Crippen LogP contribution is 2.35. The molecule has 2 nitrogen and oxygen atoms in total. The Morgan fingerprint density at radius 3 is 2.56 bits per heavy atom. The molecule has 0 unspecified atom stereocenters. The van der Waals surface area contributed by atoms with Crippen molar-refractivity contribution in [1.82, 2.24) is 0 Å². The van der Waals surface area contributed by atoms with Crippen molar-refractivity contribution in [3.63, 3.8) is 0 Å². The van der Waals surface area contributed by atoms with Gasteiger partial charge in [0.1, 0.15) is 11.6 Å². The molecule has 0 aliphatic rings. The standard InChI is InChI=1S/C14H13ClFNO/c1-18-14-5-3-10(16)7-12(14)11-4-2-9(8-17)6-13(11)15/h2-7H,8,17H2,1H3. The van der Waals surface area contributed by atoms with Crippen LogP contribution in [0.25, 0.3) is 11.1 Å². The van der Waals surface area contributed by atoms with E-state index in [1.165, 1.54) is 12.1 Å². The van der Waals surface area contributed by atoms with Crippen LogP contribution in [0.3, 0.4) is 0 Å². The minimum atomic E-state index is -0.329. The molecule has 0 radical (unpaired) electrons. The summed E-state index contributed by atoms with van der Waals surface area (Å²) in [6.07, 6.45) is 0. The number of halogens is 2. The lowest BCUT2D eigenvalue weighted by Crippen LogP contribution is -1.96. The van der Waals surface area contributed by atoms with Crippen LogP contribution >= 0.6 is 11.6 Å². The molecule has 0 bridgehead atoms. The first-order valence-electron chi connectivity index (χ1n) is 5.48. The number of hydrogen-bond acceptors (Lipinski definition) is 2. The van der Waals surface area contributed by atoms with Gasteiger partial charge in [-0.15, -0.1) is 0 Å². The lowest BCUT2D eigenvalue weighted by Gasteiger charge is -2.11. The Bertz CT molecular complexity index is 572. The van der Waals surface area contributed by atoms with Crippen LogP contribution in [0.5, 0.6) is 5.75 Å². The van der Waals surface area contributed by atoms with Gasteiger partial charge in [-0.3, -0.25) is 0 Å². The average molecular weight is 266 g/mol. The van der Waals surface area contributed by atoms with Gasteiger partial charge >= 0.3 is 0 Å². The summed E-state index contributed by atoms with van der Waals surface area (Å²) in [5.41, 5.74) is 7.83. The van der Waals surface area contributed by atoms with Gasteiger partial charge in [-0.05, 0) is 29.8 Å². The normalized spacial score (nSPS) is 10.4. The number of rotatable bonds is 3. The van der Waals surface area contributed by atoms with E-state index in [-0.39, 0.29) is 5.82 Å². The molecular weight excluding hydrogens is 253 g/mol. The number of benzene rings is 2. The lowest BCUT2D eigenvalue weighted by molar-refractivity contribution is 0.415. The molecule has 18 heavy (non-hydrogen) atoms. The topological polar surface area (TPSA) is 35.2 Å². The molecule has 2 aromatic rings. The van der Waals surface area contributed by atoms with E-state index in [2.05, 4.69) is 0 Å². The minimum absolute atomic E-state index is 0.329. The van der Waals surface area contributed by atoms with Crippen molar-refractivity contribution in [3.8, 4) is 16.9 Å². The minimum Gasteiger partial charge on any atom is -0.496 e. The summed E-state index contributed by atoms with van der Waals surface area (Å²) in [6, 6.07) is 9.80. The van der Waals surface area contributed by atoms with Gasteiger partial charge in [0, 0.05) is 22.7 Å². The molecule has 0 fully saturated rings. The van der Waals surface area contributed by atoms with E-state index in [1.807, 2.05) is 12.1 Å². The molecule has 2 rings (SSSR count). The van der Waals surface area contributed by atoms with Crippen LogP contribution in [-0.2, 0) is 6.54 Å². The van der Waals surface area contributed by atoms with E-state index in [0.717, 1.165) is 11.1 Å². The predicted octanol–water partition coefficient (Wildman–Crippen LogP) is 3.61. The second-order valence-corrected chi connectivity index (χ2v) is 4.27. The zero-order chi connectivity index (χ0) is 13.1. The Kier molecular flexibility index (Phi) is 3.84. The highest BCUT2D eigenvalue weighted by molar-refractivity contribution is 6.33. The molecule has 0 atom stereocenters. The van der Waals surface area contributed by atoms with Crippen molar-refractivity contribution in [1.29, 1.82) is 0 Å². The van der Waals surface area contributed by atoms with Crippen LogP contribution in [0.2, 0.25) is 5.02 Å². The second-order valence-electron chi connectivity index (χ2n) is 3.86. The van der Waals surface area contributed by atoms with Gasteiger partial charge in [-0.1, -0.05) is 23.7 Å². The number of nitrogens with two attached hydrogens (primary N) is 1. The van der Waals surface area contributed by atoms with Gasteiger partial charge < -0.3 is 10.5 Å². The molecular formula is C14H13ClFNO. The van der Waals surface area contributed by atoms with Crippen molar-refractivity contribution in [2.45, 2.75) is 6.54 Å². The zero-order valence-corrected chi connectivity index (χ0v) is 10.7. The summed E-state index contributed by atoms with van der Waals surface area (Å²) >= 11 is 6.19. The molecule has 0 saturated heterocycles. The summed E-state index contributed by atoms with van der Waals surface area (Å²) in [5.74, 6) is 0.253. The molecule has 2 aromatic carbocycles. The van der Waals surface area contributed by atoms with Gasteiger partial charge in [0.15, 0.2) is 0 Å². The van der Waals surface area contributed by atoms with Crippen molar-refractivity contribution in [2.75, 3.05) is 7.11 Å². The van der Waals surface area contributed by atoms with Crippen LogP contribution in [-0.4, -0.2) is 7.11 Å². The monoisotopic (exact) mass is 265 g/mol. The lowest BCUT2D eigenvalue weighted by atomic mass is 10.0. The van der Waals surface area contributed by atoms with E-state index in [1.54, 1.807) is 19.2 Å². The summed E-state index contributed by atoms with van der Waals surface area (Å²) in [7, 11) is 1.54. The van der Waals surface area contributed by atoms with Crippen molar-refractivity contribution in [3.05, 3.63) is 52.8 Å². The third-order valence-electron chi connectivity index (χ3n) is 2.72. The zero-order valence-electron chi connectivity index (χ0n) is 9.91. The summed E-state index contributed by atoms with van der Waals surface area (Å²) < 4.78 is 18.5. The van der Waals surface area contributed by atoms with Crippen LogP contribution < -0.4 is 10.5 Å². The van der Waals surface area contributed by atoms with Crippen molar-refractivity contribution >= 4 is 11.6 Å². The molecule has 0 spiro atoms. The van der Waals surface area contributed by atoms with Gasteiger partial charge in [0.25, 0.3) is 0 Å². The fraction of sp³-hybridized carbons (Fsp3) is 0.143. The molecule has 0 aromatic heterocycles. The Morgan fingerprint density at radius 2 is 1.94 bits per heavy atom. The smallest absolute Gasteiger partial charge is 0.126 e. The molecule has 0 saturated carbocycles. The molecule has 4 heteroatoms. The third-order valence-corrected chi connectivity index (χ3v) is 3.03. The summed E-state index contributed by atoms with van der Waals surface area (Å²) in [4.78, 5) is 0. The molecule has 94 valence electrons. The maximum absolute atomic E-state index is 13.3. The maximum atomic E-state index is 13.3. The molecule has 2 N–H and O–H groups in total. The fourth-order valence-corrected chi connectivity index (χ4v) is 2.10. The summed E-state index contributed by atoms with van der Waals surface area (Å²) in [5, 5.41) is 0.529. The Balaban J connectivity index is 2.57. The molecule has 0 amide bonds. The van der Waals surface area contributed by atoms with E-state index in [4.69, 9.17) is 22.1 Å². The molecule has 0 heterocycles.